The van der Waals surface area contributed by atoms with Gasteiger partial charge in [-0.25, -0.2) is 14.6 Å². The van der Waals surface area contributed by atoms with E-state index in [0.29, 0.717) is 23.5 Å². The van der Waals surface area contributed by atoms with Gasteiger partial charge in [-0.1, -0.05) is 31.5 Å². The number of carbonyl (C=O) groups is 1. The van der Waals surface area contributed by atoms with E-state index >= 15 is 0 Å². The van der Waals surface area contributed by atoms with E-state index in [1.165, 1.54) is 0 Å². The number of amides is 2. The summed E-state index contributed by atoms with van der Waals surface area (Å²) < 4.78 is 14.5. The molecule has 4 rings (SSSR count). The van der Waals surface area contributed by atoms with Crippen LogP contribution < -0.4 is 31.7 Å². The SMILES string of the molecule is COc1cc2c(cc1OC)C(C)(C)Cn1c-2cc(=Nc2c(C)cc(C)cc2C)n(CCNC(N)=O)c1=O. The summed E-state index contributed by atoms with van der Waals surface area (Å²) in [5.41, 5.74) is 11.9. The Labute approximate surface area is 216 Å². The van der Waals surface area contributed by atoms with E-state index in [0.717, 1.165) is 39.2 Å². The van der Waals surface area contributed by atoms with Crippen molar-refractivity contribution in [2.45, 2.75) is 53.1 Å². The van der Waals surface area contributed by atoms with Gasteiger partial charge in [-0.2, -0.15) is 0 Å². The molecule has 0 bridgehead atoms. The van der Waals surface area contributed by atoms with Crippen LogP contribution in [0.25, 0.3) is 11.3 Å². The third-order valence-electron chi connectivity index (χ3n) is 6.87. The number of aryl methyl sites for hydroxylation is 3. The highest BCUT2D eigenvalue weighted by Crippen LogP contribution is 2.44. The molecule has 0 unspecified atom stereocenters. The Balaban J connectivity index is 2.04. The summed E-state index contributed by atoms with van der Waals surface area (Å²) in [6.07, 6.45) is 0. The Morgan fingerprint density at radius 1 is 1.05 bits per heavy atom. The molecule has 2 amide bonds. The number of primary amides is 1. The standard InChI is InChI=1S/C28H35N5O4/c1-16-10-17(2)25(18(3)11-16)31-24-14-21-19-12-22(36-6)23(37-7)13-20(19)28(4,5)15-33(21)27(35)32(24)9-8-30-26(29)34/h10-14H,8-9,15H2,1-7H3,(H3,29,30,34). The second-order valence-corrected chi connectivity index (χ2v) is 10.2. The first-order valence-electron chi connectivity index (χ1n) is 12.2. The Hall–Kier alpha value is -4.01. The number of rotatable bonds is 6. The van der Waals surface area contributed by atoms with Crippen LogP contribution >= 0.6 is 0 Å². The number of nitrogens with two attached hydrogens (primary N) is 1. The predicted molar refractivity (Wildman–Crippen MR) is 144 cm³/mol. The van der Waals surface area contributed by atoms with Gasteiger partial charge in [-0.3, -0.25) is 9.13 Å². The number of fused-ring (bicyclic) bond motifs is 3. The second kappa shape index (κ2) is 9.80. The fraction of sp³-hybridized carbons (Fsp3) is 0.393. The molecule has 3 N–H and O–H groups in total. The molecule has 2 aromatic carbocycles. The number of urea groups is 1. The van der Waals surface area contributed by atoms with Crippen molar-refractivity contribution in [3.8, 4) is 22.8 Å². The highest BCUT2D eigenvalue weighted by molar-refractivity contribution is 5.72. The lowest BCUT2D eigenvalue weighted by Gasteiger charge is -2.36. The van der Waals surface area contributed by atoms with E-state index in [9.17, 15) is 9.59 Å². The van der Waals surface area contributed by atoms with Crippen molar-refractivity contribution in [3.05, 3.63) is 68.6 Å². The van der Waals surface area contributed by atoms with Crippen LogP contribution in [0, 0.1) is 20.8 Å². The summed E-state index contributed by atoms with van der Waals surface area (Å²) >= 11 is 0. The van der Waals surface area contributed by atoms with Gasteiger partial charge in [0.15, 0.2) is 11.5 Å². The molecule has 1 aromatic heterocycles. The van der Waals surface area contributed by atoms with Gasteiger partial charge in [0.1, 0.15) is 5.49 Å². The molecule has 0 radical (unpaired) electrons. The van der Waals surface area contributed by atoms with Gasteiger partial charge in [0.2, 0.25) is 0 Å². The maximum atomic E-state index is 14.0. The van der Waals surface area contributed by atoms with Crippen LogP contribution in [-0.2, 0) is 18.5 Å². The number of carbonyl (C=O) groups excluding carboxylic acids is 1. The number of nitrogens with one attached hydrogen (secondary N) is 1. The summed E-state index contributed by atoms with van der Waals surface area (Å²) in [7, 11) is 3.21. The summed E-state index contributed by atoms with van der Waals surface area (Å²) in [5.74, 6) is 1.23. The molecule has 37 heavy (non-hydrogen) atoms. The lowest BCUT2D eigenvalue weighted by molar-refractivity contribution is 0.248. The van der Waals surface area contributed by atoms with E-state index in [4.69, 9.17) is 20.2 Å². The van der Waals surface area contributed by atoms with E-state index < -0.39 is 6.03 Å². The number of nitrogens with zero attached hydrogens (tertiary/aromatic N) is 3. The van der Waals surface area contributed by atoms with Crippen molar-refractivity contribution in [2.75, 3.05) is 20.8 Å². The summed E-state index contributed by atoms with van der Waals surface area (Å²) in [6.45, 7) is 11.2. The Morgan fingerprint density at radius 3 is 2.27 bits per heavy atom. The molecule has 0 saturated carbocycles. The molecule has 9 nitrogen and oxygen atoms in total. The second-order valence-electron chi connectivity index (χ2n) is 10.2. The Morgan fingerprint density at radius 2 is 1.68 bits per heavy atom. The average molecular weight is 506 g/mol. The van der Waals surface area contributed by atoms with E-state index in [1.807, 2.05) is 39.0 Å². The third-order valence-corrected chi connectivity index (χ3v) is 6.87. The fourth-order valence-corrected chi connectivity index (χ4v) is 5.19. The van der Waals surface area contributed by atoms with E-state index in [-0.39, 0.29) is 24.2 Å². The molecule has 0 aliphatic carbocycles. The lowest BCUT2D eigenvalue weighted by Crippen LogP contribution is -2.47. The smallest absolute Gasteiger partial charge is 0.330 e. The first-order chi connectivity index (χ1) is 17.5. The first-order valence-corrected chi connectivity index (χ1v) is 12.2. The highest BCUT2D eigenvalue weighted by Gasteiger charge is 2.34. The zero-order chi connectivity index (χ0) is 27.1. The molecule has 0 atom stereocenters. The fourth-order valence-electron chi connectivity index (χ4n) is 5.19. The van der Waals surface area contributed by atoms with Gasteiger partial charge in [0.05, 0.1) is 25.6 Å². The summed E-state index contributed by atoms with van der Waals surface area (Å²) in [4.78, 5) is 30.3. The summed E-state index contributed by atoms with van der Waals surface area (Å²) in [5, 5.41) is 2.58. The normalized spacial score (nSPS) is 14.1. The number of methoxy groups -OCH3 is 2. The Bertz CT molecular complexity index is 1490. The van der Waals surface area contributed by atoms with Gasteiger partial charge < -0.3 is 20.5 Å². The number of hydrogen-bond donors (Lipinski definition) is 2. The average Bonchev–Trinajstić information content (AvgIpc) is 2.82. The van der Waals surface area contributed by atoms with Crippen LogP contribution in [0.4, 0.5) is 10.5 Å². The first kappa shape index (κ1) is 26.1. The molecule has 1 aliphatic heterocycles. The minimum absolute atomic E-state index is 0.202. The van der Waals surface area contributed by atoms with Crippen molar-refractivity contribution in [2.24, 2.45) is 10.7 Å². The highest BCUT2D eigenvalue weighted by atomic mass is 16.5. The number of benzene rings is 2. The molecular weight excluding hydrogens is 470 g/mol. The van der Waals surface area contributed by atoms with E-state index in [1.54, 1.807) is 23.4 Å². The summed E-state index contributed by atoms with van der Waals surface area (Å²) in [6, 6.07) is 9.36. The number of aromatic nitrogens is 2. The quantitative estimate of drug-likeness (QED) is 0.534. The topological polar surface area (TPSA) is 113 Å². The van der Waals surface area contributed by atoms with Crippen LogP contribution in [0.1, 0.15) is 36.1 Å². The monoisotopic (exact) mass is 505 g/mol. The van der Waals surface area contributed by atoms with Crippen LogP contribution in [0.15, 0.2) is 40.1 Å². The maximum Gasteiger partial charge on any atom is 0.330 e. The number of hydrogen-bond acceptors (Lipinski definition) is 5. The molecule has 0 spiro atoms. The maximum absolute atomic E-state index is 14.0. The minimum atomic E-state index is -0.640. The molecule has 0 fully saturated rings. The molecule has 3 aromatic rings. The van der Waals surface area contributed by atoms with Crippen LogP contribution in [0.2, 0.25) is 0 Å². The van der Waals surface area contributed by atoms with Gasteiger partial charge in [-0.15, -0.1) is 0 Å². The van der Waals surface area contributed by atoms with Gasteiger partial charge in [0.25, 0.3) is 0 Å². The van der Waals surface area contributed by atoms with Crippen LogP contribution in [0.5, 0.6) is 11.5 Å². The van der Waals surface area contributed by atoms with Crippen LogP contribution in [-0.4, -0.2) is 35.9 Å². The van der Waals surface area contributed by atoms with Gasteiger partial charge >= 0.3 is 11.7 Å². The molecule has 1 aliphatic rings. The molecule has 0 saturated heterocycles. The van der Waals surface area contributed by atoms with Crippen molar-refractivity contribution < 1.29 is 14.3 Å². The molecular formula is C28H35N5O4. The van der Waals surface area contributed by atoms with Crippen molar-refractivity contribution in [1.29, 1.82) is 0 Å². The molecule has 196 valence electrons. The zero-order valence-corrected chi connectivity index (χ0v) is 22.6. The van der Waals surface area contributed by atoms with Gasteiger partial charge in [0, 0.05) is 36.7 Å². The third kappa shape index (κ3) is 4.85. The van der Waals surface area contributed by atoms with Crippen molar-refractivity contribution in [3.63, 3.8) is 0 Å². The van der Waals surface area contributed by atoms with Crippen molar-refractivity contribution >= 4 is 11.7 Å². The molecule has 9 heteroatoms. The minimum Gasteiger partial charge on any atom is -0.493 e. The largest absolute Gasteiger partial charge is 0.493 e. The predicted octanol–water partition coefficient (Wildman–Crippen LogP) is 3.45. The van der Waals surface area contributed by atoms with E-state index in [2.05, 4.69) is 31.3 Å². The van der Waals surface area contributed by atoms with Crippen LogP contribution in [0.3, 0.4) is 0 Å². The van der Waals surface area contributed by atoms with Crippen molar-refractivity contribution in [1.82, 2.24) is 14.5 Å². The van der Waals surface area contributed by atoms with Gasteiger partial charge in [-0.05, 0) is 49.6 Å². The zero-order valence-electron chi connectivity index (χ0n) is 22.6. The molecule has 2 heterocycles. The lowest BCUT2D eigenvalue weighted by atomic mass is 9.78. The Kier molecular flexibility index (Phi) is 6.90. The number of ether oxygens (including phenoxy) is 2.